The number of rotatable bonds is 3. The Labute approximate surface area is 105 Å². The van der Waals surface area contributed by atoms with E-state index in [9.17, 15) is 13.2 Å². The van der Waals surface area contributed by atoms with Crippen molar-refractivity contribution in [2.75, 3.05) is 6.54 Å². The highest BCUT2D eigenvalue weighted by atomic mass is 19.4. The van der Waals surface area contributed by atoms with E-state index < -0.39 is 11.7 Å². The molecule has 2 N–H and O–H groups in total. The van der Waals surface area contributed by atoms with Crippen molar-refractivity contribution in [3.05, 3.63) is 35.4 Å². The average Bonchev–Trinajstić information content (AvgIpc) is 2.78. The van der Waals surface area contributed by atoms with Crippen molar-refractivity contribution in [3.63, 3.8) is 0 Å². The summed E-state index contributed by atoms with van der Waals surface area (Å²) in [6.07, 6.45) is 0.959. The summed E-state index contributed by atoms with van der Waals surface area (Å²) in [5, 5.41) is 0. The Morgan fingerprint density at radius 3 is 2.06 bits per heavy atom. The molecule has 1 aromatic rings. The molecule has 1 nitrogen and oxygen atoms in total. The molecule has 2 rings (SSSR count). The quantitative estimate of drug-likeness (QED) is 0.874. The topological polar surface area (TPSA) is 26.0 Å². The van der Waals surface area contributed by atoms with E-state index in [1.807, 2.05) is 0 Å². The molecule has 4 heteroatoms. The minimum atomic E-state index is -4.25. The zero-order valence-electron chi connectivity index (χ0n) is 10.3. The molecular formula is C14H18F3N. The van der Waals surface area contributed by atoms with Crippen LogP contribution in [0.4, 0.5) is 13.2 Å². The first kappa shape index (κ1) is 13.4. The summed E-state index contributed by atoms with van der Waals surface area (Å²) >= 11 is 0. The highest BCUT2D eigenvalue weighted by molar-refractivity contribution is 5.31. The highest BCUT2D eigenvalue weighted by Crippen LogP contribution is 2.44. The summed E-state index contributed by atoms with van der Waals surface area (Å²) in [6.45, 7) is 0.584. The minimum Gasteiger partial charge on any atom is -0.330 e. The lowest BCUT2D eigenvalue weighted by molar-refractivity contribution is -0.137. The molecule has 0 saturated heterocycles. The van der Waals surface area contributed by atoms with Crippen LogP contribution in [-0.2, 0) is 11.6 Å². The molecule has 1 aromatic carbocycles. The van der Waals surface area contributed by atoms with Gasteiger partial charge in [-0.2, -0.15) is 13.2 Å². The van der Waals surface area contributed by atoms with Gasteiger partial charge in [-0.1, -0.05) is 25.0 Å². The average molecular weight is 257 g/mol. The predicted molar refractivity (Wildman–Crippen MR) is 65.3 cm³/mol. The molecule has 0 aliphatic heterocycles. The maximum Gasteiger partial charge on any atom is 0.416 e. The van der Waals surface area contributed by atoms with Crippen LogP contribution in [0.15, 0.2) is 24.3 Å². The smallest absolute Gasteiger partial charge is 0.330 e. The molecule has 1 aliphatic carbocycles. The second-order valence-electron chi connectivity index (χ2n) is 5.10. The zero-order chi connectivity index (χ0) is 13.2. The van der Waals surface area contributed by atoms with E-state index in [2.05, 4.69) is 0 Å². The van der Waals surface area contributed by atoms with Crippen molar-refractivity contribution in [1.29, 1.82) is 0 Å². The maximum absolute atomic E-state index is 12.5. The molecule has 0 amide bonds. The molecule has 0 bridgehead atoms. The van der Waals surface area contributed by atoms with Gasteiger partial charge in [-0.05, 0) is 48.9 Å². The Kier molecular flexibility index (Phi) is 3.66. The summed E-state index contributed by atoms with van der Waals surface area (Å²) in [6, 6.07) is 5.63. The Morgan fingerprint density at radius 2 is 1.61 bits per heavy atom. The fraction of sp³-hybridized carbons (Fsp3) is 0.571. The first-order valence-electron chi connectivity index (χ1n) is 6.36. The van der Waals surface area contributed by atoms with Gasteiger partial charge < -0.3 is 5.73 Å². The van der Waals surface area contributed by atoms with E-state index in [0.717, 1.165) is 37.7 Å². The van der Waals surface area contributed by atoms with Gasteiger partial charge in [0.2, 0.25) is 0 Å². The van der Waals surface area contributed by atoms with Gasteiger partial charge >= 0.3 is 6.18 Å². The van der Waals surface area contributed by atoms with Crippen LogP contribution in [-0.4, -0.2) is 6.54 Å². The van der Waals surface area contributed by atoms with Crippen LogP contribution in [0.1, 0.15) is 43.2 Å². The van der Waals surface area contributed by atoms with Crippen LogP contribution in [0.2, 0.25) is 0 Å². The van der Waals surface area contributed by atoms with Crippen LogP contribution in [0.3, 0.4) is 0 Å². The van der Waals surface area contributed by atoms with Gasteiger partial charge in [0.25, 0.3) is 0 Å². The fourth-order valence-corrected chi connectivity index (χ4v) is 3.02. The number of nitrogens with two attached hydrogens (primary N) is 1. The Hall–Kier alpha value is -1.03. The standard InChI is InChI=1S/C14H18F3N/c15-14(16,17)12-5-3-11(4-6-12)13(9-10-18)7-1-2-8-13/h3-6H,1-2,7-10,18H2. The second-order valence-corrected chi connectivity index (χ2v) is 5.10. The number of hydrogen-bond donors (Lipinski definition) is 1. The first-order valence-corrected chi connectivity index (χ1v) is 6.36. The number of alkyl halides is 3. The van der Waals surface area contributed by atoms with Gasteiger partial charge in [-0.3, -0.25) is 0 Å². The van der Waals surface area contributed by atoms with Crippen LogP contribution in [0.5, 0.6) is 0 Å². The van der Waals surface area contributed by atoms with E-state index in [1.165, 1.54) is 12.1 Å². The molecule has 18 heavy (non-hydrogen) atoms. The Morgan fingerprint density at radius 1 is 1.06 bits per heavy atom. The van der Waals surface area contributed by atoms with Gasteiger partial charge in [-0.25, -0.2) is 0 Å². The van der Waals surface area contributed by atoms with Crippen LogP contribution >= 0.6 is 0 Å². The van der Waals surface area contributed by atoms with Crippen molar-refractivity contribution in [3.8, 4) is 0 Å². The minimum absolute atomic E-state index is 0.0128. The second kappa shape index (κ2) is 4.92. The highest BCUT2D eigenvalue weighted by Gasteiger charge is 2.36. The van der Waals surface area contributed by atoms with Gasteiger partial charge in [0.1, 0.15) is 0 Å². The monoisotopic (exact) mass is 257 g/mol. The molecule has 0 aromatic heterocycles. The van der Waals surface area contributed by atoms with Gasteiger partial charge in [-0.15, -0.1) is 0 Å². The third-order valence-corrected chi connectivity index (χ3v) is 4.01. The Bertz CT molecular complexity index is 388. The van der Waals surface area contributed by atoms with Crippen molar-refractivity contribution in [1.82, 2.24) is 0 Å². The lowest BCUT2D eigenvalue weighted by Crippen LogP contribution is -2.25. The zero-order valence-corrected chi connectivity index (χ0v) is 10.3. The lowest BCUT2D eigenvalue weighted by atomic mass is 9.76. The third-order valence-electron chi connectivity index (χ3n) is 4.01. The molecule has 0 unspecified atom stereocenters. The lowest BCUT2D eigenvalue weighted by Gasteiger charge is -2.29. The predicted octanol–water partition coefficient (Wildman–Crippen LogP) is 3.87. The molecule has 0 heterocycles. The molecule has 0 radical (unpaired) electrons. The summed E-state index contributed by atoms with van der Waals surface area (Å²) in [7, 11) is 0. The molecule has 1 fully saturated rings. The summed E-state index contributed by atoms with van der Waals surface area (Å²) in [5.74, 6) is 0. The van der Waals surface area contributed by atoms with E-state index in [4.69, 9.17) is 5.73 Å². The number of halogens is 3. The van der Waals surface area contributed by atoms with Crippen LogP contribution in [0.25, 0.3) is 0 Å². The molecule has 1 aliphatic rings. The van der Waals surface area contributed by atoms with E-state index in [-0.39, 0.29) is 5.41 Å². The van der Waals surface area contributed by atoms with Crippen molar-refractivity contribution >= 4 is 0 Å². The summed E-state index contributed by atoms with van der Waals surface area (Å²) in [4.78, 5) is 0. The van der Waals surface area contributed by atoms with E-state index >= 15 is 0 Å². The molecule has 100 valence electrons. The number of benzene rings is 1. The van der Waals surface area contributed by atoms with Crippen LogP contribution in [0, 0.1) is 0 Å². The van der Waals surface area contributed by atoms with Crippen molar-refractivity contribution < 1.29 is 13.2 Å². The van der Waals surface area contributed by atoms with Gasteiger partial charge in [0, 0.05) is 0 Å². The normalized spacial score (nSPS) is 19.1. The first-order chi connectivity index (χ1) is 8.48. The van der Waals surface area contributed by atoms with Crippen molar-refractivity contribution in [2.45, 2.75) is 43.7 Å². The molecule has 0 atom stereocenters. The summed E-state index contributed by atoms with van der Waals surface area (Å²) in [5.41, 5.74) is 6.10. The van der Waals surface area contributed by atoms with Crippen LogP contribution < -0.4 is 5.73 Å². The molecule has 1 saturated carbocycles. The van der Waals surface area contributed by atoms with Gasteiger partial charge in [0.15, 0.2) is 0 Å². The summed E-state index contributed by atoms with van der Waals surface area (Å²) < 4.78 is 37.6. The third kappa shape index (κ3) is 2.53. The SMILES string of the molecule is NCCC1(c2ccc(C(F)(F)F)cc2)CCCC1. The maximum atomic E-state index is 12.5. The molecular weight excluding hydrogens is 239 g/mol. The largest absolute Gasteiger partial charge is 0.416 e. The molecule has 0 spiro atoms. The fourth-order valence-electron chi connectivity index (χ4n) is 3.02. The van der Waals surface area contributed by atoms with Crippen molar-refractivity contribution in [2.24, 2.45) is 5.73 Å². The Balaban J connectivity index is 2.27. The number of hydrogen-bond acceptors (Lipinski definition) is 1. The van der Waals surface area contributed by atoms with Gasteiger partial charge in [0.05, 0.1) is 5.56 Å². The van der Waals surface area contributed by atoms with E-state index in [0.29, 0.717) is 6.54 Å². The van der Waals surface area contributed by atoms with E-state index in [1.54, 1.807) is 12.1 Å².